The number of rotatable bonds is 5. The molecule has 0 saturated carbocycles. The van der Waals surface area contributed by atoms with Crippen LogP contribution in [0.2, 0.25) is 0 Å². The van der Waals surface area contributed by atoms with E-state index >= 15 is 0 Å². The van der Waals surface area contributed by atoms with Crippen LogP contribution < -0.4 is 5.32 Å². The van der Waals surface area contributed by atoms with Crippen LogP contribution in [0.5, 0.6) is 0 Å². The maximum absolute atomic E-state index is 12.8. The third-order valence-electron chi connectivity index (χ3n) is 2.64. The van der Waals surface area contributed by atoms with Crippen molar-refractivity contribution in [1.29, 1.82) is 0 Å². The number of nitrogens with one attached hydrogen (secondary N) is 1. The lowest BCUT2D eigenvalue weighted by Gasteiger charge is -2.11. The van der Waals surface area contributed by atoms with Crippen LogP contribution in [-0.4, -0.2) is 9.55 Å². The lowest BCUT2D eigenvalue weighted by Crippen LogP contribution is -2.10. The maximum atomic E-state index is 12.8. The van der Waals surface area contributed by atoms with E-state index in [1.54, 1.807) is 18.3 Å². The average molecular weight is 247 g/mol. The number of anilines is 1. The normalized spacial score (nSPS) is 10.9. The molecule has 0 bridgehead atoms. The van der Waals surface area contributed by atoms with Crippen LogP contribution in [0.15, 0.2) is 36.7 Å². The van der Waals surface area contributed by atoms with E-state index in [4.69, 9.17) is 0 Å². The van der Waals surface area contributed by atoms with E-state index in [-0.39, 0.29) is 5.82 Å². The molecule has 96 valence electrons. The lowest BCUT2D eigenvalue weighted by atomic mass is 10.2. The van der Waals surface area contributed by atoms with Crippen molar-refractivity contribution in [3.63, 3.8) is 0 Å². The zero-order valence-corrected chi connectivity index (χ0v) is 10.7. The van der Waals surface area contributed by atoms with Crippen LogP contribution in [0.25, 0.3) is 0 Å². The molecule has 0 unspecified atom stereocenters. The minimum absolute atomic E-state index is 0.208. The van der Waals surface area contributed by atoms with Gasteiger partial charge in [0.25, 0.3) is 0 Å². The fraction of sp³-hybridized carbons (Fsp3) is 0.357. The number of benzene rings is 1. The van der Waals surface area contributed by atoms with E-state index in [1.807, 2.05) is 6.20 Å². The Morgan fingerprint density at radius 2 is 2.00 bits per heavy atom. The molecule has 0 radical (unpaired) electrons. The van der Waals surface area contributed by atoms with E-state index < -0.39 is 0 Å². The first-order valence-electron chi connectivity index (χ1n) is 6.14. The van der Waals surface area contributed by atoms with Crippen molar-refractivity contribution in [2.45, 2.75) is 26.9 Å². The molecule has 1 aromatic heterocycles. The summed E-state index contributed by atoms with van der Waals surface area (Å²) in [6.45, 7) is 5.93. The molecule has 0 aliphatic heterocycles. The molecule has 0 aliphatic carbocycles. The van der Waals surface area contributed by atoms with Gasteiger partial charge in [-0.3, -0.25) is 0 Å². The Morgan fingerprint density at radius 1 is 1.28 bits per heavy atom. The minimum Gasteiger partial charge on any atom is -0.352 e. The largest absolute Gasteiger partial charge is 0.352 e. The molecule has 0 atom stereocenters. The summed E-state index contributed by atoms with van der Waals surface area (Å²) in [6.07, 6.45) is 3.75. The van der Waals surface area contributed by atoms with Gasteiger partial charge >= 0.3 is 0 Å². The highest BCUT2D eigenvalue weighted by atomic mass is 19.1. The van der Waals surface area contributed by atoms with Crippen molar-refractivity contribution in [2.75, 3.05) is 5.32 Å². The number of hydrogen-bond donors (Lipinski definition) is 1. The van der Waals surface area contributed by atoms with Crippen molar-refractivity contribution >= 4 is 5.95 Å². The van der Waals surface area contributed by atoms with Crippen LogP contribution >= 0.6 is 0 Å². The molecule has 0 fully saturated rings. The van der Waals surface area contributed by atoms with Crippen LogP contribution in [-0.2, 0) is 13.1 Å². The molecule has 1 N–H and O–H groups in total. The zero-order valence-electron chi connectivity index (χ0n) is 10.7. The topological polar surface area (TPSA) is 29.9 Å². The number of nitrogens with zero attached hydrogens (tertiary/aromatic N) is 2. The van der Waals surface area contributed by atoms with E-state index in [1.165, 1.54) is 12.1 Å². The second-order valence-electron chi connectivity index (χ2n) is 4.78. The fourth-order valence-corrected chi connectivity index (χ4v) is 1.80. The maximum Gasteiger partial charge on any atom is 0.203 e. The highest BCUT2D eigenvalue weighted by Gasteiger charge is 2.04. The lowest BCUT2D eigenvalue weighted by molar-refractivity contribution is 0.526. The van der Waals surface area contributed by atoms with Gasteiger partial charge in [0, 0.05) is 25.5 Å². The molecular weight excluding hydrogens is 229 g/mol. The SMILES string of the molecule is CC(C)Cn1ccnc1NCc1ccc(F)cc1. The van der Waals surface area contributed by atoms with Gasteiger partial charge in [-0.2, -0.15) is 0 Å². The Bertz CT molecular complexity index is 488. The number of halogens is 1. The summed E-state index contributed by atoms with van der Waals surface area (Å²) in [6, 6.07) is 6.49. The van der Waals surface area contributed by atoms with Gasteiger partial charge in [0.15, 0.2) is 0 Å². The van der Waals surface area contributed by atoms with Crippen LogP contribution in [0.3, 0.4) is 0 Å². The van der Waals surface area contributed by atoms with Crippen LogP contribution in [0.4, 0.5) is 10.3 Å². The summed E-state index contributed by atoms with van der Waals surface area (Å²) >= 11 is 0. The van der Waals surface area contributed by atoms with Gasteiger partial charge in [0.1, 0.15) is 5.82 Å². The number of aromatic nitrogens is 2. The smallest absolute Gasteiger partial charge is 0.203 e. The van der Waals surface area contributed by atoms with Crippen LogP contribution in [0, 0.1) is 11.7 Å². The Hall–Kier alpha value is -1.84. The van der Waals surface area contributed by atoms with Crippen molar-refractivity contribution < 1.29 is 4.39 Å². The first-order chi connectivity index (χ1) is 8.65. The molecule has 0 aliphatic rings. The third kappa shape index (κ3) is 3.32. The summed E-state index contributed by atoms with van der Waals surface area (Å²) in [5.41, 5.74) is 1.04. The van der Waals surface area contributed by atoms with E-state index in [9.17, 15) is 4.39 Å². The van der Waals surface area contributed by atoms with Crippen molar-refractivity contribution in [2.24, 2.45) is 5.92 Å². The molecule has 18 heavy (non-hydrogen) atoms. The second kappa shape index (κ2) is 5.67. The van der Waals surface area contributed by atoms with Crippen molar-refractivity contribution in [3.05, 3.63) is 48.0 Å². The predicted octanol–water partition coefficient (Wildman–Crippen LogP) is 3.29. The molecule has 3 nitrogen and oxygen atoms in total. The fourth-order valence-electron chi connectivity index (χ4n) is 1.80. The Kier molecular flexibility index (Phi) is 3.97. The molecule has 2 rings (SSSR count). The van der Waals surface area contributed by atoms with Gasteiger partial charge in [0.2, 0.25) is 5.95 Å². The molecule has 1 aromatic carbocycles. The molecule has 0 amide bonds. The molecule has 0 spiro atoms. The van der Waals surface area contributed by atoms with Crippen molar-refractivity contribution in [1.82, 2.24) is 9.55 Å². The molecular formula is C14H18FN3. The molecule has 4 heteroatoms. The monoisotopic (exact) mass is 247 g/mol. The van der Waals surface area contributed by atoms with E-state index in [0.717, 1.165) is 18.1 Å². The standard InChI is InChI=1S/C14H18FN3/c1-11(2)10-18-8-7-16-14(18)17-9-12-3-5-13(15)6-4-12/h3-8,11H,9-10H2,1-2H3,(H,16,17). The molecule has 2 aromatic rings. The van der Waals surface area contributed by atoms with Gasteiger partial charge in [0.05, 0.1) is 0 Å². The van der Waals surface area contributed by atoms with Gasteiger partial charge in [-0.15, -0.1) is 0 Å². The highest BCUT2D eigenvalue weighted by Crippen LogP contribution is 2.10. The van der Waals surface area contributed by atoms with E-state index in [2.05, 4.69) is 28.7 Å². The average Bonchev–Trinajstić information content (AvgIpc) is 2.75. The summed E-state index contributed by atoms with van der Waals surface area (Å²) in [5, 5.41) is 3.26. The van der Waals surface area contributed by atoms with Gasteiger partial charge in [-0.05, 0) is 23.6 Å². The predicted molar refractivity (Wildman–Crippen MR) is 70.8 cm³/mol. The van der Waals surface area contributed by atoms with Gasteiger partial charge in [-0.1, -0.05) is 26.0 Å². The quantitative estimate of drug-likeness (QED) is 0.878. The molecule has 1 heterocycles. The summed E-state index contributed by atoms with van der Waals surface area (Å²) in [4.78, 5) is 4.28. The first kappa shape index (κ1) is 12.6. The van der Waals surface area contributed by atoms with Gasteiger partial charge in [-0.25, -0.2) is 9.37 Å². The first-order valence-corrected chi connectivity index (χ1v) is 6.14. The summed E-state index contributed by atoms with van der Waals surface area (Å²) < 4.78 is 14.9. The van der Waals surface area contributed by atoms with Crippen molar-refractivity contribution in [3.8, 4) is 0 Å². The Morgan fingerprint density at radius 3 is 2.67 bits per heavy atom. The zero-order chi connectivity index (χ0) is 13.0. The van der Waals surface area contributed by atoms with E-state index in [0.29, 0.717) is 12.5 Å². The second-order valence-corrected chi connectivity index (χ2v) is 4.78. The number of hydrogen-bond acceptors (Lipinski definition) is 2. The minimum atomic E-state index is -0.208. The summed E-state index contributed by atoms with van der Waals surface area (Å²) in [5.74, 6) is 1.22. The summed E-state index contributed by atoms with van der Waals surface area (Å²) in [7, 11) is 0. The Labute approximate surface area is 107 Å². The highest BCUT2D eigenvalue weighted by molar-refractivity contribution is 5.29. The van der Waals surface area contributed by atoms with Crippen LogP contribution in [0.1, 0.15) is 19.4 Å². The third-order valence-corrected chi connectivity index (χ3v) is 2.64. The number of imidazole rings is 1. The molecule has 0 saturated heterocycles. The van der Waals surface area contributed by atoms with Gasteiger partial charge < -0.3 is 9.88 Å². The Balaban J connectivity index is 1.97.